The van der Waals surface area contributed by atoms with E-state index >= 15 is 0 Å². The second-order valence-corrected chi connectivity index (χ2v) is 3.44. The minimum Gasteiger partial charge on any atom is -0.142 e. The highest BCUT2D eigenvalue weighted by atomic mass is 31.1. The van der Waals surface area contributed by atoms with Crippen LogP contribution in [0, 0.1) is 0 Å². The highest BCUT2D eigenvalue weighted by molar-refractivity contribution is 7.39. The Labute approximate surface area is 68.8 Å². The fourth-order valence-electron chi connectivity index (χ4n) is 0.565. The summed E-state index contributed by atoms with van der Waals surface area (Å²) < 4.78 is 15.8. The lowest BCUT2D eigenvalue weighted by Crippen LogP contribution is -1.83. The molecule has 2 nitrogen and oxygen atoms in total. The standard InChI is InChI=1S/C8H14O2P/c1-3-5-6-8-11(9)10-7-4-2/h3-4H,1-2,5-8H2/q+1. The molecule has 0 aliphatic heterocycles. The molecule has 0 radical (unpaired) electrons. The molecule has 1 unspecified atom stereocenters. The zero-order valence-electron chi connectivity index (χ0n) is 6.66. The molecule has 1 atom stereocenters. The van der Waals surface area contributed by atoms with Gasteiger partial charge < -0.3 is 0 Å². The van der Waals surface area contributed by atoms with Crippen molar-refractivity contribution in [2.45, 2.75) is 12.8 Å². The molecule has 0 saturated carbocycles. The van der Waals surface area contributed by atoms with Crippen molar-refractivity contribution in [1.82, 2.24) is 0 Å². The Kier molecular flexibility index (Phi) is 7.33. The van der Waals surface area contributed by atoms with Crippen molar-refractivity contribution >= 4 is 8.03 Å². The van der Waals surface area contributed by atoms with Crippen molar-refractivity contribution in [3.8, 4) is 0 Å². The summed E-state index contributed by atoms with van der Waals surface area (Å²) in [5, 5.41) is 0. The van der Waals surface area contributed by atoms with Crippen LogP contribution in [0.1, 0.15) is 12.8 Å². The Bertz CT molecular complexity index is 143. The predicted octanol–water partition coefficient (Wildman–Crippen LogP) is 2.90. The van der Waals surface area contributed by atoms with E-state index in [-0.39, 0.29) is 0 Å². The van der Waals surface area contributed by atoms with Crippen LogP contribution in [0.25, 0.3) is 0 Å². The Morgan fingerprint density at radius 1 is 1.36 bits per heavy atom. The fourth-order valence-corrected chi connectivity index (χ4v) is 1.41. The van der Waals surface area contributed by atoms with Crippen LogP contribution in [-0.2, 0) is 9.09 Å². The average Bonchev–Trinajstić information content (AvgIpc) is 2.01. The van der Waals surface area contributed by atoms with E-state index in [1.54, 1.807) is 6.08 Å². The van der Waals surface area contributed by atoms with Crippen molar-refractivity contribution in [3.63, 3.8) is 0 Å². The number of rotatable bonds is 7. The number of allylic oxidation sites excluding steroid dienone is 1. The minimum absolute atomic E-state index is 0.378. The third-order valence-corrected chi connectivity index (χ3v) is 2.20. The van der Waals surface area contributed by atoms with Gasteiger partial charge >= 0.3 is 8.03 Å². The van der Waals surface area contributed by atoms with E-state index in [2.05, 4.69) is 13.2 Å². The summed E-state index contributed by atoms with van der Waals surface area (Å²) in [6.07, 6.45) is 5.82. The second-order valence-electron chi connectivity index (χ2n) is 2.07. The smallest absolute Gasteiger partial charge is 0.142 e. The van der Waals surface area contributed by atoms with E-state index in [4.69, 9.17) is 4.52 Å². The highest BCUT2D eigenvalue weighted by Crippen LogP contribution is 2.23. The van der Waals surface area contributed by atoms with E-state index in [1.165, 1.54) is 0 Å². The van der Waals surface area contributed by atoms with Crippen molar-refractivity contribution < 1.29 is 9.09 Å². The van der Waals surface area contributed by atoms with Gasteiger partial charge in [-0.2, -0.15) is 0 Å². The molecule has 0 rings (SSSR count). The third kappa shape index (κ3) is 7.44. The molecule has 0 aromatic carbocycles. The molecule has 0 saturated heterocycles. The predicted molar refractivity (Wildman–Crippen MR) is 48.1 cm³/mol. The van der Waals surface area contributed by atoms with E-state index < -0.39 is 8.03 Å². The van der Waals surface area contributed by atoms with Gasteiger partial charge in [-0.15, -0.1) is 17.7 Å². The first-order valence-corrected chi connectivity index (χ1v) is 4.97. The monoisotopic (exact) mass is 173 g/mol. The fraction of sp³-hybridized carbons (Fsp3) is 0.500. The van der Waals surface area contributed by atoms with Gasteiger partial charge in [0.2, 0.25) is 0 Å². The number of hydrogen-bond donors (Lipinski definition) is 0. The van der Waals surface area contributed by atoms with Crippen LogP contribution < -0.4 is 0 Å². The molecule has 0 aliphatic rings. The maximum absolute atomic E-state index is 10.9. The van der Waals surface area contributed by atoms with Gasteiger partial charge in [0.05, 0.1) is 0 Å². The molecular formula is C8H14O2P+. The molecule has 0 aromatic rings. The Hall–Kier alpha value is -0.460. The summed E-state index contributed by atoms with van der Waals surface area (Å²) >= 11 is 0. The van der Waals surface area contributed by atoms with Gasteiger partial charge in [0.1, 0.15) is 6.61 Å². The summed E-state index contributed by atoms with van der Waals surface area (Å²) in [7, 11) is -1.47. The van der Waals surface area contributed by atoms with Crippen LogP contribution in [-0.4, -0.2) is 12.8 Å². The molecule has 3 heteroatoms. The molecule has 0 aliphatic carbocycles. The van der Waals surface area contributed by atoms with Gasteiger partial charge in [0.25, 0.3) is 0 Å². The summed E-state index contributed by atoms with van der Waals surface area (Å²) in [4.78, 5) is 0. The molecule has 0 fully saturated rings. The molecule has 0 spiro atoms. The first kappa shape index (κ1) is 10.5. The van der Waals surface area contributed by atoms with Crippen LogP contribution in [0.15, 0.2) is 25.3 Å². The SMILES string of the molecule is C=CCCC[P+](=O)OCC=C. The summed E-state index contributed by atoms with van der Waals surface area (Å²) in [5.41, 5.74) is 0. The molecule has 0 heterocycles. The lowest BCUT2D eigenvalue weighted by molar-refractivity contribution is 0.370. The van der Waals surface area contributed by atoms with Crippen molar-refractivity contribution in [1.29, 1.82) is 0 Å². The third-order valence-electron chi connectivity index (χ3n) is 1.09. The van der Waals surface area contributed by atoms with Gasteiger partial charge in [0.15, 0.2) is 6.16 Å². The maximum Gasteiger partial charge on any atom is 0.508 e. The zero-order valence-corrected chi connectivity index (χ0v) is 7.56. The van der Waals surface area contributed by atoms with Crippen LogP contribution in [0.3, 0.4) is 0 Å². The van der Waals surface area contributed by atoms with Gasteiger partial charge in [-0.25, -0.2) is 0 Å². The summed E-state index contributed by atoms with van der Waals surface area (Å²) in [6.45, 7) is 7.41. The van der Waals surface area contributed by atoms with Crippen molar-refractivity contribution in [2.24, 2.45) is 0 Å². The topological polar surface area (TPSA) is 26.3 Å². The lowest BCUT2D eigenvalue weighted by atomic mass is 10.3. The Morgan fingerprint density at radius 3 is 2.64 bits per heavy atom. The second kappa shape index (κ2) is 7.64. The van der Waals surface area contributed by atoms with Crippen LogP contribution in [0.4, 0.5) is 0 Å². The van der Waals surface area contributed by atoms with E-state index in [0.717, 1.165) is 12.8 Å². The van der Waals surface area contributed by atoms with Gasteiger partial charge in [0, 0.05) is 0 Å². The largest absolute Gasteiger partial charge is 0.508 e. The average molecular weight is 173 g/mol. The highest BCUT2D eigenvalue weighted by Gasteiger charge is 2.13. The van der Waals surface area contributed by atoms with Crippen molar-refractivity contribution in [3.05, 3.63) is 25.3 Å². The summed E-state index contributed by atoms with van der Waals surface area (Å²) in [6, 6.07) is 0. The number of unbranched alkanes of at least 4 members (excludes halogenated alkanes) is 1. The Balaban J connectivity index is 3.21. The van der Waals surface area contributed by atoms with Gasteiger partial charge in [-0.05, 0) is 17.4 Å². The Morgan fingerprint density at radius 2 is 2.09 bits per heavy atom. The normalized spacial score (nSPS) is 10.7. The molecule has 0 amide bonds. The first-order chi connectivity index (χ1) is 5.31. The molecule has 11 heavy (non-hydrogen) atoms. The molecule has 0 aromatic heterocycles. The minimum atomic E-state index is -1.47. The number of hydrogen-bond acceptors (Lipinski definition) is 2. The van der Waals surface area contributed by atoms with Crippen LogP contribution in [0.2, 0.25) is 0 Å². The van der Waals surface area contributed by atoms with E-state index in [1.807, 2.05) is 6.08 Å². The summed E-state index contributed by atoms with van der Waals surface area (Å²) in [5.74, 6) is 0. The van der Waals surface area contributed by atoms with Gasteiger partial charge in [-0.3, -0.25) is 0 Å². The molecule has 62 valence electrons. The quantitative estimate of drug-likeness (QED) is 0.336. The van der Waals surface area contributed by atoms with E-state index in [9.17, 15) is 4.57 Å². The van der Waals surface area contributed by atoms with E-state index in [0.29, 0.717) is 12.8 Å². The molecular weight excluding hydrogens is 159 g/mol. The van der Waals surface area contributed by atoms with Crippen molar-refractivity contribution in [2.75, 3.05) is 12.8 Å². The van der Waals surface area contributed by atoms with Crippen LogP contribution >= 0.6 is 8.03 Å². The zero-order chi connectivity index (χ0) is 8.53. The maximum atomic E-state index is 10.9. The lowest BCUT2D eigenvalue weighted by Gasteiger charge is -1.85. The molecule has 0 bridgehead atoms. The first-order valence-electron chi connectivity index (χ1n) is 3.60. The molecule has 0 N–H and O–H groups in total. The van der Waals surface area contributed by atoms with Crippen LogP contribution in [0.5, 0.6) is 0 Å². The van der Waals surface area contributed by atoms with Gasteiger partial charge in [-0.1, -0.05) is 12.2 Å².